The third-order valence-corrected chi connectivity index (χ3v) is 5.41. The highest BCUT2D eigenvalue weighted by Gasteiger charge is 2.33. The zero-order valence-corrected chi connectivity index (χ0v) is 14.5. The predicted octanol–water partition coefficient (Wildman–Crippen LogP) is 3.65. The van der Waals surface area contributed by atoms with Crippen LogP contribution < -0.4 is 0 Å². The normalized spacial score (nSPS) is 15.2. The molecule has 0 saturated heterocycles. The van der Waals surface area contributed by atoms with Gasteiger partial charge >= 0.3 is 0 Å². The highest BCUT2D eigenvalue weighted by Crippen LogP contribution is 2.34. The molecule has 0 unspecified atom stereocenters. The van der Waals surface area contributed by atoms with E-state index in [0.717, 1.165) is 12.8 Å². The van der Waals surface area contributed by atoms with Crippen LogP contribution in [-0.2, 0) is 9.05 Å². The maximum absolute atomic E-state index is 12.5. The highest BCUT2D eigenvalue weighted by molar-refractivity contribution is 9.10. The van der Waals surface area contributed by atoms with Crippen molar-refractivity contribution in [2.75, 3.05) is 6.54 Å². The fourth-order valence-electron chi connectivity index (χ4n) is 2.01. The van der Waals surface area contributed by atoms with Crippen LogP contribution in [0.5, 0.6) is 0 Å². The fraction of sp³-hybridized carbons (Fsp3) is 0.417. The molecular formula is C12H12BrCl2NO3S. The Bertz CT molecular complexity index is 659. The van der Waals surface area contributed by atoms with Crippen LogP contribution in [-0.4, -0.2) is 31.8 Å². The van der Waals surface area contributed by atoms with Crippen molar-refractivity contribution < 1.29 is 13.2 Å². The Morgan fingerprint density at radius 3 is 2.50 bits per heavy atom. The lowest BCUT2D eigenvalue weighted by Crippen LogP contribution is -2.33. The number of amides is 1. The highest BCUT2D eigenvalue weighted by atomic mass is 79.9. The van der Waals surface area contributed by atoms with E-state index in [9.17, 15) is 13.2 Å². The second-order valence-corrected chi connectivity index (χ2v) is 8.35. The van der Waals surface area contributed by atoms with Gasteiger partial charge in [-0.2, -0.15) is 0 Å². The van der Waals surface area contributed by atoms with Gasteiger partial charge in [-0.1, -0.05) is 27.5 Å². The molecule has 20 heavy (non-hydrogen) atoms. The zero-order valence-electron chi connectivity index (χ0n) is 10.6. The molecule has 1 aromatic carbocycles. The number of benzene rings is 1. The number of carbonyl (C=O) groups is 1. The van der Waals surface area contributed by atoms with Gasteiger partial charge < -0.3 is 4.90 Å². The van der Waals surface area contributed by atoms with Gasteiger partial charge in [-0.15, -0.1) is 0 Å². The van der Waals surface area contributed by atoms with Gasteiger partial charge in [0.15, 0.2) is 0 Å². The minimum atomic E-state index is -4.01. The molecule has 1 aromatic rings. The summed E-state index contributed by atoms with van der Waals surface area (Å²) in [5.41, 5.74) is 0.147. The van der Waals surface area contributed by atoms with E-state index < -0.39 is 9.05 Å². The average molecular weight is 401 g/mol. The summed E-state index contributed by atoms with van der Waals surface area (Å²) < 4.78 is 23.4. The van der Waals surface area contributed by atoms with E-state index in [1.807, 2.05) is 6.92 Å². The monoisotopic (exact) mass is 399 g/mol. The third kappa shape index (κ3) is 3.30. The standard InChI is InChI=1S/C12H12BrCl2NO3S/c1-2-16(8-3-4-8)12(17)9-5-7(13)6-10(11(9)14)20(15,18)19/h5-6,8H,2-4H2,1H3. The Balaban J connectivity index is 2.51. The second-order valence-electron chi connectivity index (χ2n) is 4.53. The lowest BCUT2D eigenvalue weighted by Gasteiger charge is -2.21. The van der Waals surface area contributed by atoms with Gasteiger partial charge in [0.1, 0.15) is 4.90 Å². The Labute approximate surface area is 135 Å². The van der Waals surface area contributed by atoms with Gasteiger partial charge in [-0.25, -0.2) is 8.42 Å². The van der Waals surface area contributed by atoms with Crippen LogP contribution in [0, 0.1) is 0 Å². The SMILES string of the molecule is CCN(C(=O)c1cc(Br)cc(S(=O)(=O)Cl)c1Cl)C1CC1. The van der Waals surface area contributed by atoms with Crippen molar-refractivity contribution in [1.29, 1.82) is 0 Å². The summed E-state index contributed by atoms with van der Waals surface area (Å²) in [5, 5.41) is -0.132. The van der Waals surface area contributed by atoms with Crippen LogP contribution in [0.1, 0.15) is 30.1 Å². The van der Waals surface area contributed by atoms with Crippen LogP contribution in [0.3, 0.4) is 0 Å². The summed E-state index contributed by atoms with van der Waals surface area (Å²) >= 11 is 9.23. The van der Waals surface area contributed by atoms with Crippen molar-refractivity contribution in [2.45, 2.75) is 30.7 Å². The Morgan fingerprint density at radius 2 is 2.05 bits per heavy atom. The number of hydrogen-bond acceptors (Lipinski definition) is 3. The van der Waals surface area contributed by atoms with Crippen molar-refractivity contribution in [2.24, 2.45) is 0 Å². The van der Waals surface area contributed by atoms with E-state index in [-0.39, 0.29) is 27.4 Å². The van der Waals surface area contributed by atoms with E-state index in [1.165, 1.54) is 12.1 Å². The van der Waals surface area contributed by atoms with E-state index in [2.05, 4.69) is 15.9 Å². The van der Waals surface area contributed by atoms with Crippen molar-refractivity contribution in [1.82, 2.24) is 4.90 Å². The van der Waals surface area contributed by atoms with Gasteiger partial charge in [0.05, 0.1) is 10.6 Å². The molecule has 0 N–H and O–H groups in total. The zero-order chi connectivity index (χ0) is 15.1. The van der Waals surface area contributed by atoms with Gasteiger partial charge in [-0.05, 0) is 31.9 Å². The van der Waals surface area contributed by atoms with Crippen LogP contribution in [0.2, 0.25) is 5.02 Å². The topological polar surface area (TPSA) is 54.5 Å². The van der Waals surface area contributed by atoms with Crippen molar-refractivity contribution in [3.63, 3.8) is 0 Å². The molecule has 0 aromatic heterocycles. The Hall–Kier alpha value is -0.300. The summed E-state index contributed by atoms with van der Waals surface area (Å²) in [4.78, 5) is 13.9. The Morgan fingerprint density at radius 1 is 1.45 bits per heavy atom. The summed E-state index contributed by atoms with van der Waals surface area (Å²) in [6, 6.07) is 3.02. The summed E-state index contributed by atoms with van der Waals surface area (Å²) in [5.74, 6) is -0.275. The maximum atomic E-state index is 12.5. The number of rotatable bonds is 4. The lowest BCUT2D eigenvalue weighted by atomic mass is 10.2. The number of nitrogens with zero attached hydrogens (tertiary/aromatic N) is 1. The molecule has 1 fully saturated rings. The molecule has 0 atom stereocenters. The maximum Gasteiger partial charge on any atom is 0.262 e. The second kappa shape index (κ2) is 5.83. The number of hydrogen-bond donors (Lipinski definition) is 0. The molecule has 8 heteroatoms. The van der Waals surface area contributed by atoms with Crippen molar-refractivity contribution >= 4 is 53.2 Å². The molecule has 110 valence electrons. The molecule has 1 amide bonds. The summed E-state index contributed by atoms with van der Waals surface area (Å²) in [6.45, 7) is 2.43. The van der Waals surface area contributed by atoms with Crippen molar-refractivity contribution in [3.05, 3.63) is 27.2 Å². The van der Waals surface area contributed by atoms with E-state index in [0.29, 0.717) is 11.0 Å². The van der Waals surface area contributed by atoms with Crippen molar-refractivity contribution in [3.8, 4) is 0 Å². The minimum absolute atomic E-state index is 0.132. The third-order valence-electron chi connectivity index (χ3n) is 3.09. The Kier molecular flexibility index (Phi) is 4.69. The van der Waals surface area contributed by atoms with Gasteiger partial charge in [-0.3, -0.25) is 4.79 Å². The first-order valence-corrected chi connectivity index (χ1v) is 9.48. The molecule has 1 saturated carbocycles. The van der Waals surface area contributed by atoms with E-state index in [1.54, 1.807) is 4.90 Å². The largest absolute Gasteiger partial charge is 0.336 e. The molecule has 0 heterocycles. The minimum Gasteiger partial charge on any atom is -0.336 e. The van der Waals surface area contributed by atoms with Crippen LogP contribution in [0.4, 0.5) is 0 Å². The van der Waals surface area contributed by atoms with Gasteiger partial charge in [0, 0.05) is 27.7 Å². The molecule has 1 aliphatic rings. The quantitative estimate of drug-likeness (QED) is 0.724. The smallest absolute Gasteiger partial charge is 0.262 e. The molecule has 0 radical (unpaired) electrons. The van der Waals surface area contributed by atoms with E-state index in [4.69, 9.17) is 22.3 Å². The van der Waals surface area contributed by atoms with E-state index >= 15 is 0 Å². The average Bonchev–Trinajstić information content (AvgIpc) is 3.15. The first-order chi connectivity index (χ1) is 9.25. The molecular weight excluding hydrogens is 389 g/mol. The van der Waals surface area contributed by atoms with Crippen LogP contribution in [0.15, 0.2) is 21.5 Å². The first-order valence-electron chi connectivity index (χ1n) is 6.00. The number of halogens is 3. The molecule has 2 rings (SSSR count). The summed E-state index contributed by atoms with van der Waals surface area (Å²) in [7, 11) is 1.33. The van der Waals surface area contributed by atoms with Gasteiger partial charge in [0.2, 0.25) is 0 Å². The first kappa shape index (κ1) is 16.1. The molecule has 0 spiro atoms. The predicted molar refractivity (Wildman–Crippen MR) is 81.9 cm³/mol. The summed E-state index contributed by atoms with van der Waals surface area (Å²) in [6.07, 6.45) is 1.93. The van der Waals surface area contributed by atoms with Gasteiger partial charge in [0.25, 0.3) is 15.0 Å². The molecule has 0 aliphatic heterocycles. The number of carbonyl (C=O) groups excluding carboxylic acids is 1. The molecule has 1 aliphatic carbocycles. The molecule has 4 nitrogen and oxygen atoms in total. The van der Waals surface area contributed by atoms with Crippen LogP contribution >= 0.6 is 38.2 Å². The lowest BCUT2D eigenvalue weighted by molar-refractivity contribution is 0.0752. The fourth-order valence-corrected chi connectivity index (χ4v) is 4.19. The molecule has 0 bridgehead atoms. The van der Waals surface area contributed by atoms with Crippen LogP contribution in [0.25, 0.3) is 0 Å².